The summed E-state index contributed by atoms with van der Waals surface area (Å²) in [6.07, 6.45) is 5.46. The van der Waals surface area contributed by atoms with Crippen molar-refractivity contribution in [1.82, 2.24) is 10.2 Å². The average molecular weight is 335 g/mol. The molecule has 1 fully saturated rings. The van der Waals surface area contributed by atoms with E-state index in [-0.39, 0.29) is 11.8 Å². The molecule has 3 atom stereocenters. The van der Waals surface area contributed by atoms with Crippen molar-refractivity contribution >= 4 is 17.7 Å². The number of aryl methyl sites for hydroxylation is 1. The van der Waals surface area contributed by atoms with E-state index in [2.05, 4.69) is 49.7 Å². The number of hydrogen-bond acceptors (Lipinski definition) is 3. The van der Waals surface area contributed by atoms with E-state index in [0.717, 1.165) is 19.5 Å². The number of carbonyl (C=O) groups is 1. The van der Waals surface area contributed by atoms with E-state index in [9.17, 15) is 4.79 Å². The number of thioether (sulfide) groups is 1. The Kier molecular flexibility index (Phi) is 6.97. The number of amides is 1. The molecule has 1 N–H and O–H groups in total. The second kappa shape index (κ2) is 8.74. The standard InChI is InChI=1S/C19H30N2OS/c1-14-7-5-8-16(13-14)10-12-21(3)19(22)15(2)18(23-4)17-9-6-11-20-17/h5,7-8,13,15,17-18,20H,6,9-12H2,1-4H3/t15-,17+,18-/m1/s1. The zero-order chi connectivity index (χ0) is 16.8. The summed E-state index contributed by atoms with van der Waals surface area (Å²) in [5, 5.41) is 3.92. The first kappa shape index (κ1) is 18.3. The largest absolute Gasteiger partial charge is 0.345 e. The lowest BCUT2D eigenvalue weighted by Gasteiger charge is -2.30. The van der Waals surface area contributed by atoms with E-state index >= 15 is 0 Å². The molecule has 1 aromatic carbocycles. The fraction of sp³-hybridized carbons (Fsp3) is 0.632. The van der Waals surface area contributed by atoms with Gasteiger partial charge in [0.15, 0.2) is 0 Å². The van der Waals surface area contributed by atoms with Crippen molar-refractivity contribution in [3.05, 3.63) is 35.4 Å². The number of hydrogen-bond donors (Lipinski definition) is 1. The highest BCUT2D eigenvalue weighted by Gasteiger charge is 2.33. The lowest BCUT2D eigenvalue weighted by atomic mass is 9.98. The SMILES string of the molecule is CS[C@@H]([C@@H]1CCCN1)[C@@H](C)C(=O)N(C)CCc1cccc(C)c1. The van der Waals surface area contributed by atoms with Crippen LogP contribution in [0, 0.1) is 12.8 Å². The third kappa shape index (κ3) is 4.98. The highest BCUT2D eigenvalue weighted by molar-refractivity contribution is 7.99. The van der Waals surface area contributed by atoms with Gasteiger partial charge in [0.1, 0.15) is 0 Å². The predicted octanol–water partition coefficient (Wildman–Crippen LogP) is 3.12. The van der Waals surface area contributed by atoms with Crippen molar-refractivity contribution in [2.24, 2.45) is 5.92 Å². The van der Waals surface area contributed by atoms with Gasteiger partial charge in [-0.3, -0.25) is 4.79 Å². The molecule has 0 saturated carbocycles. The first-order valence-corrected chi connectivity index (χ1v) is 9.88. The number of nitrogens with one attached hydrogen (secondary N) is 1. The molecule has 1 amide bonds. The molecule has 0 aromatic heterocycles. The lowest BCUT2D eigenvalue weighted by Crippen LogP contribution is -2.44. The van der Waals surface area contributed by atoms with Crippen molar-refractivity contribution in [3.8, 4) is 0 Å². The Morgan fingerprint density at radius 3 is 2.87 bits per heavy atom. The summed E-state index contributed by atoms with van der Waals surface area (Å²) in [7, 11) is 1.94. The minimum absolute atomic E-state index is 0.0584. The first-order valence-electron chi connectivity index (χ1n) is 8.59. The molecule has 0 bridgehead atoms. The van der Waals surface area contributed by atoms with E-state index in [1.165, 1.54) is 24.0 Å². The summed E-state index contributed by atoms with van der Waals surface area (Å²) < 4.78 is 0. The molecule has 128 valence electrons. The van der Waals surface area contributed by atoms with Crippen molar-refractivity contribution < 1.29 is 4.79 Å². The molecular formula is C19H30N2OS. The molecular weight excluding hydrogens is 304 g/mol. The van der Waals surface area contributed by atoms with Crippen LogP contribution in [0.3, 0.4) is 0 Å². The molecule has 4 heteroatoms. The maximum atomic E-state index is 12.8. The predicted molar refractivity (Wildman–Crippen MR) is 100 cm³/mol. The van der Waals surface area contributed by atoms with Crippen LogP contribution in [0.2, 0.25) is 0 Å². The summed E-state index contributed by atoms with van der Waals surface area (Å²) in [4.78, 5) is 14.7. The number of likely N-dealkylation sites (N-methyl/N-ethyl adjacent to an activating group) is 1. The van der Waals surface area contributed by atoms with Crippen LogP contribution < -0.4 is 5.32 Å². The Morgan fingerprint density at radius 2 is 2.26 bits per heavy atom. The van der Waals surface area contributed by atoms with E-state index in [0.29, 0.717) is 11.3 Å². The highest BCUT2D eigenvalue weighted by Crippen LogP contribution is 2.27. The number of nitrogens with zero attached hydrogens (tertiary/aromatic N) is 1. The van der Waals surface area contributed by atoms with Gasteiger partial charge in [-0.15, -0.1) is 0 Å². The minimum Gasteiger partial charge on any atom is -0.345 e. The van der Waals surface area contributed by atoms with E-state index in [1.807, 2.05) is 23.7 Å². The molecule has 1 saturated heterocycles. The van der Waals surface area contributed by atoms with Gasteiger partial charge >= 0.3 is 0 Å². The molecule has 1 heterocycles. The van der Waals surface area contributed by atoms with Gasteiger partial charge < -0.3 is 10.2 Å². The van der Waals surface area contributed by atoms with Gasteiger partial charge in [-0.25, -0.2) is 0 Å². The fourth-order valence-electron chi connectivity index (χ4n) is 3.47. The van der Waals surface area contributed by atoms with Crippen LogP contribution in [0.5, 0.6) is 0 Å². The first-order chi connectivity index (χ1) is 11.0. The second-order valence-electron chi connectivity index (χ2n) is 6.69. The molecule has 0 aliphatic carbocycles. The summed E-state index contributed by atoms with van der Waals surface area (Å²) in [5.41, 5.74) is 2.58. The number of rotatable bonds is 7. The van der Waals surface area contributed by atoms with Gasteiger partial charge in [-0.1, -0.05) is 36.8 Å². The van der Waals surface area contributed by atoms with Gasteiger partial charge in [0, 0.05) is 30.8 Å². The van der Waals surface area contributed by atoms with Crippen LogP contribution in [0.1, 0.15) is 30.9 Å². The summed E-state index contributed by atoms with van der Waals surface area (Å²) >= 11 is 1.83. The summed E-state index contributed by atoms with van der Waals surface area (Å²) in [5.74, 6) is 0.328. The highest BCUT2D eigenvalue weighted by atomic mass is 32.2. The van der Waals surface area contributed by atoms with Gasteiger partial charge in [0.05, 0.1) is 0 Å². The molecule has 0 radical (unpaired) electrons. The third-order valence-corrected chi connectivity index (χ3v) is 6.13. The zero-order valence-electron chi connectivity index (χ0n) is 14.8. The zero-order valence-corrected chi connectivity index (χ0v) is 15.7. The molecule has 0 spiro atoms. The smallest absolute Gasteiger partial charge is 0.226 e. The van der Waals surface area contributed by atoms with Crippen molar-refractivity contribution in [2.75, 3.05) is 26.4 Å². The van der Waals surface area contributed by atoms with Crippen LogP contribution in [-0.2, 0) is 11.2 Å². The topological polar surface area (TPSA) is 32.3 Å². The Labute approximate surface area is 145 Å². The monoisotopic (exact) mass is 334 g/mol. The Balaban J connectivity index is 1.89. The third-order valence-electron chi connectivity index (χ3n) is 4.84. The Morgan fingerprint density at radius 1 is 1.48 bits per heavy atom. The van der Waals surface area contributed by atoms with Crippen molar-refractivity contribution in [2.45, 2.75) is 44.4 Å². The molecule has 1 aromatic rings. The minimum atomic E-state index is 0.0584. The quantitative estimate of drug-likeness (QED) is 0.831. The lowest BCUT2D eigenvalue weighted by molar-refractivity contribution is -0.133. The van der Waals surface area contributed by atoms with Crippen LogP contribution in [0.15, 0.2) is 24.3 Å². The van der Waals surface area contributed by atoms with Gasteiger partial charge in [0.25, 0.3) is 0 Å². The van der Waals surface area contributed by atoms with E-state index in [1.54, 1.807) is 0 Å². The summed E-state index contributed by atoms with van der Waals surface area (Å²) in [6.45, 7) is 6.07. The maximum Gasteiger partial charge on any atom is 0.226 e. The molecule has 23 heavy (non-hydrogen) atoms. The van der Waals surface area contributed by atoms with Crippen molar-refractivity contribution in [1.29, 1.82) is 0 Å². The molecule has 1 aliphatic rings. The van der Waals surface area contributed by atoms with Gasteiger partial charge in [-0.05, 0) is 44.6 Å². The van der Waals surface area contributed by atoms with E-state index in [4.69, 9.17) is 0 Å². The van der Waals surface area contributed by atoms with E-state index < -0.39 is 0 Å². The number of benzene rings is 1. The van der Waals surface area contributed by atoms with Crippen LogP contribution >= 0.6 is 11.8 Å². The van der Waals surface area contributed by atoms with Gasteiger partial charge in [0.2, 0.25) is 5.91 Å². The molecule has 1 aliphatic heterocycles. The van der Waals surface area contributed by atoms with Crippen LogP contribution in [0.4, 0.5) is 0 Å². The summed E-state index contributed by atoms with van der Waals surface area (Å²) in [6, 6.07) is 9.02. The second-order valence-corrected chi connectivity index (χ2v) is 7.71. The fourth-order valence-corrected chi connectivity index (χ4v) is 4.56. The average Bonchev–Trinajstić information content (AvgIpc) is 3.06. The molecule has 2 rings (SSSR count). The Bertz CT molecular complexity index is 514. The van der Waals surface area contributed by atoms with Crippen molar-refractivity contribution in [3.63, 3.8) is 0 Å². The number of carbonyl (C=O) groups excluding carboxylic acids is 1. The molecule has 3 nitrogen and oxygen atoms in total. The maximum absolute atomic E-state index is 12.8. The van der Waals surface area contributed by atoms with Gasteiger partial charge in [-0.2, -0.15) is 11.8 Å². The normalized spacial score (nSPS) is 20.3. The van der Waals surface area contributed by atoms with Crippen LogP contribution in [0.25, 0.3) is 0 Å². The van der Waals surface area contributed by atoms with Crippen LogP contribution in [-0.4, -0.2) is 48.5 Å². The Hall–Kier alpha value is -1.00. The molecule has 0 unspecified atom stereocenters.